The maximum absolute atomic E-state index is 9.66. The fourth-order valence-electron chi connectivity index (χ4n) is 1.22. The van der Waals surface area contributed by atoms with E-state index in [1.807, 2.05) is 6.92 Å². The molecule has 0 fully saturated rings. The van der Waals surface area contributed by atoms with E-state index in [1.165, 1.54) is 5.57 Å². The van der Waals surface area contributed by atoms with Gasteiger partial charge in [-0.1, -0.05) is 24.6 Å². The third-order valence-corrected chi connectivity index (χ3v) is 2.04. The summed E-state index contributed by atoms with van der Waals surface area (Å²) in [4.78, 5) is 0. The van der Waals surface area contributed by atoms with Crippen molar-refractivity contribution in [2.45, 2.75) is 53.1 Å². The van der Waals surface area contributed by atoms with Crippen LogP contribution in [0.2, 0.25) is 0 Å². The van der Waals surface area contributed by atoms with Gasteiger partial charge in [0.15, 0.2) is 0 Å². The third kappa shape index (κ3) is 6.59. The summed E-state index contributed by atoms with van der Waals surface area (Å²) >= 11 is 0. The highest BCUT2D eigenvalue weighted by atomic mass is 16.3. The fourth-order valence-corrected chi connectivity index (χ4v) is 1.22. The molecule has 0 spiro atoms. The van der Waals surface area contributed by atoms with Gasteiger partial charge in [0.1, 0.15) is 0 Å². The first kappa shape index (κ1) is 12.4. The Morgan fingerprint density at radius 1 is 1.23 bits per heavy atom. The molecule has 0 radical (unpaired) electrons. The van der Waals surface area contributed by atoms with Crippen LogP contribution in [0, 0.1) is 0 Å². The van der Waals surface area contributed by atoms with Crippen molar-refractivity contribution in [1.29, 1.82) is 0 Å². The van der Waals surface area contributed by atoms with Crippen molar-refractivity contribution in [2.24, 2.45) is 0 Å². The Labute approximate surface area is 82.2 Å². The average Bonchev–Trinajstić information content (AvgIpc) is 2.04. The zero-order valence-corrected chi connectivity index (χ0v) is 9.30. The van der Waals surface area contributed by atoms with E-state index in [0.717, 1.165) is 24.8 Å². The molecule has 0 rings (SSSR count). The van der Waals surface area contributed by atoms with Gasteiger partial charge >= 0.3 is 0 Å². The van der Waals surface area contributed by atoms with Crippen molar-refractivity contribution in [3.63, 3.8) is 0 Å². The number of aliphatic hydroxyl groups is 1. The molecule has 0 aromatic heterocycles. The molecule has 0 amide bonds. The standard InChI is InChI=1S/C12H22O/c1-5-7-11(4)12(13)9-6-8-10(2)3/h7-8,12-13H,5-6,9H2,1-4H3. The summed E-state index contributed by atoms with van der Waals surface area (Å²) in [5.74, 6) is 0. The fraction of sp³-hybridized carbons (Fsp3) is 0.667. The topological polar surface area (TPSA) is 20.2 Å². The third-order valence-electron chi connectivity index (χ3n) is 2.04. The van der Waals surface area contributed by atoms with Crippen LogP contribution in [0.4, 0.5) is 0 Å². The van der Waals surface area contributed by atoms with Crippen LogP contribution in [0.15, 0.2) is 23.3 Å². The summed E-state index contributed by atoms with van der Waals surface area (Å²) in [6.45, 7) is 8.26. The van der Waals surface area contributed by atoms with E-state index in [1.54, 1.807) is 0 Å². The number of hydrogen-bond donors (Lipinski definition) is 1. The lowest BCUT2D eigenvalue weighted by Crippen LogP contribution is -2.07. The van der Waals surface area contributed by atoms with Crippen LogP contribution in [0.5, 0.6) is 0 Å². The molecule has 1 N–H and O–H groups in total. The summed E-state index contributed by atoms with van der Waals surface area (Å²) in [5, 5.41) is 9.66. The molecule has 1 atom stereocenters. The molecule has 0 aliphatic heterocycles. The number of hydrogen-bond acceptors (Lipinski definition) is 1. The van der Waals surface area contributed by atoms with Crippen molar-refractivity contribution in [3.8, 4) is 0 Å². The predicted octanol–water partition coefficient (Wildman–Crippen LogP) is 3.45. The lowest BCUT2D eigenvalue weighted by molar-refractivity contribution is 0.201. The van der Waals surface area contributed by atoms with Crippen molar-refractivity contribution < 1.29 is 5.11 Å². The van der Waals surface area contributed by atoms with Crippen LogP contribution in [0.25, 0.3) is 0 Å². The molecule has 0 bridgehead atoms. The van der Waals surface area contributed by atoms with Crippen LogP contribution < -0.4 is 0 Å². The van der Waals surface area contributed by atoms with E-state index in [2.05, 4.69) is 32.9 Å². The molecule has 76 valence electrons. The first-order valence-electron chi connectivity index (χ1n) is 5.06. The van der Waals surface area contributed by atoms with Crippen molar-refractivity contribution >= 4 is 0 Å². The summed E-state index contributed by atoms with van der Waals surface area (Å²) in [6.07, 6.45) is 6.82. The maximum Gasteiger partial charge on any atom is 0.0750 e. The second-order valence-corrected chi connectivity index (χ2v) is 3.73. The van der Waals surface area contributed by atoms with Gasteiger partial charge in [0.2, 0.25) is 0 Å². The Morgan fingerprint density at radius 2 is 1.85 bits per heavy atom. The number of rotatable bonds is 5. The smallest absolute Gasteiger partial charge is 0.0750 e. The number of allylic oxidation sites excluding steroid dienone is 3. The highest BCUT2D eigenvalue weighted by Gasteiger charge is 2.03. The lowest BCUT2D eigenvalue weighted by atomic mass is 10.0. The molecule has 1 heteroatoms. The van der Waals surface area contributed by atoms with E-state index in [0.29, 0.717) is 0 Å². The number of aliphatic hydroxyl groups excluding tert-OH is 1. The molecule has 1 nitrogen and oxygen atoms in total. The van der Waals surface area contributed by atoms with Gasteiger partial charge in [0.25, 0.3) is 0 Å². The zero-order chi connectivity index (χ0) is 10.3. The molecule has 1 unspecified atom stereocenters. The Bertz CT molecular complexity index is 185. The summed E-state index contributed by atoms with van der Waals surface area (Å²) in [7, 11) is 0. The minimum atomic E-state index is -0.254. The first-order valence-corrected chi connectivity index (χ1v) is 5.06. The molecule has 13 heavy (non-hydrogen) atoms. The van der Waals surface area contributed by atoms with E-state index < -0.39 is 0 Å². The molecule has 0 aliphatic carbocycles. The second kappa shape index (κ2) is 6.90. The molecule has 0 heterocycles. The van der Waals surface area contributed by atoms with Crippen LogP contribution in [-0.4, -0.2) is 11.2 Å². The van der Waals surface area contributed by atoms with Gasteiger partial charge in [-0.15, -0.1) is 0 Å². The van der Waals surface area contributed by atoms with E-state index in [4.69, 9.17) is 0 Å². The highest BCUT2D eigenvalue weighted by molar-refractivity contribution is 5.05. The summed E-state index contributed by atoms with van der Waals surface area (Å²) in [6, 6.07) is 0. The summed E-state index contributed by atoms with van der Waals surface area (Å²) in [5.41, 5.74) is 2.42. The van der Waals surface area contributed by atoms with E-state index >= 15 is 0 Å². The normalized spacial score (nSPS) is 14.1. The lowest BCUT2D eigenvalue weighted by Gasteiger charge is -2.09. The molecule has 0 aliphatic rings. The van der Waals surface area contributed by atoms with Gasteiger partial charge in [-0.25, -0.2) is 0 Å². The average molecular weight is 182 g/mol. The molecule has 0 aromatic rings. The van der Waals surface area contributed by atoms with Gasteiger partial charge in [-0.05, 0) is 45.6 Å². The van der Waals surface area contributed by atoms with Crippen LogP contribution in [-0.2, 0) is 0 Å². The molecular formula is C12H22O. The molecule has 0 saturated carbocycles. The minimum Gasteiger partial charge on any atom is -0.389 e. The maximum atomic E-state index is 9.66. The second-order valence-electron chi connectivity index (χ2n) is 3.73. The van der Waals surface area contributed by atoms with Gasteiger partial charge in [-0.3, -0.25) is 0 Å². The predicted molar refractivity (Wildman–Crippen MR) is 58.7 cm³/mol. The SMILES string of the molecule is CCC=C(C)C(O)CCC=C(C)C. The minimum absolute atomic E-state index is 0.254. The van der Waals surface area contributed by atoms with Crippen molar-refractivity contribution in [2.75, 3.05) is 0 Å². The molecule has 0 aromatic carbocycles. The first-order chi connectivity index (χ1) is 6.07. The molecular weight excluding hydrogens is 160 g/mol. The zero-order valence-electron chi connectivity index (χ0n) is 9.30. The Morgan fingerprint density at radius 3 is 2.31 bits per heavy atom. The van der Waals surface area contributed by atoms with Gasteiger partial charge in [0.05, 0.1) is 6.10 Å². The van der Waals surface area contributed by atoms with E-state index in [9.17, 15) is 5.11 Å². The van der Waals surface area contributed by atoms with Crippen LogP contribution >= 0.6 is 0 Å². The van der Waals surface area contributed by atoms with Crippen LogP contribution in [0.3, 0.4) is 0 Å². The summed E-state index contributed by atoms with van der Waals surface area (Å²) < 4.78 is 0. The van der Waals surface area contributed by atoms with E-state index in [-0.39, 0.29) is 6.10 Å². The van der Waals surface area contributed by atoms with Gasteiger partial charge < -0.3 is 5.11 Å². The quantitative estimate of drug-likeness (QED) is 0.646. The van der Waals surface area contributed by atoms with Crippen molar-refractivity contribution in [1.82, 2.24) is 0 Å². The monoisotopic (exact) mass is 182 g/mol. The van der Waals surface area contributed by atoms with Crippen molar-refractivity contribution in [3.05, 3.63) is 23.3 Å². The Kier molecular flexibility index (Phi) is 6.61. The molecule has 0 saturated heterocycles. The largest absolute Gasteiger partial charge is 0.389 e. The van der Waals surface area contributed by atoms with Crippen LogP contribution in [0.1, 0.15) is 47.0 Å². The Hall–Kier alpha value is -0.560. The Balaban J connectivity index is 3.81. The highest BCUT2D eigenvalue weighted by Crippen LogP contribution is 2.10. The van der Waals surface area contributed by atoms with Gasteiger partial charge in [0, 0.05) is 0 Å². The van der Waals surface area contributed by atoms with Gasteiger partial charge in [-0.2, -0.15) is 0 Å².